The monoisotopic (exact) mass is 424 g/mol. The largest absolute Gasteiger partial charge is 0.465 e. The molecule has 7 heteroatoms. The first-order chi connectivity index (χ1) is 14.9. The van der Waals surface area contributed by atoms with Gasteiger partial charge in [0.1, 0.15) is 11.4 Å². The summed E-state index contributed by atoms with van der Waals surface area (Å²) in [7, 11) is 0. The van der Waals surface area contributed by atoms with E-state index in [1.54, 1.807) is 32.0 Å². The molecule has 31 heavy (non-hydrogen) atoms. The molecule has 162 valence electrons. The van der Waals surface area contributed by atoms with Crippen molar-refractivity contribution in [3.8, 4) is 0 Å². The molecule has 0 unspecified atom stereocenters. The van der Waals surface area contributed by atoms with Gasteiger partial charge in [-0.2, -0.15) is 0 Å². The van der Waals surface area contributed by atoms with Crippen molar-refractivity contribution in [1.82, 2.24) is 10.2 Å². The molecule has 0 aliphatic carbocycles. The Kier molecular flexibility index (Phi) is 5.62. The van der Waals surface area contributed by atoms with E-state index >= 15 is 0 Å². The third kappa shape index (κ3) is 3.33. The Labute approximate surface area is 180 Å². The summed E-state index contributed by atoms with van der Waals surface area (Å²) in [5, 5.41) is 3.22. The Bertz CT molecular complexity index is 1010. The number of nitrogens with one attached hydrogen (secondary N) is 1. The summed E-state index contributed by atoms with van der Waals surface area (Å²) in [5.74, 6) is -3.79. The lowest BCUT2D eigenvalue weighted by atomic mass is 9.76. The number of carbonyl (C=O) groups excluding carboxylic acids is 3. The summed E-state index contributed by atoms with van der Waals surface area (Å²) in [6.07, 6.45) is 0.148. The minimum Gasteiger partial charge on any atom is -0.465 e. The van der Waals surface area contributed by atoms with E-state index < -0.39 is 47.0 Å². The van der Waals surface area contributed by atoms with Crippen molar-refractivity contribution in [1.29, 1.82) is 0 Å². The van der Waals surface area contributed by atoms with Crippen LogP contribution in [0.1, 0.15) is 31.0 Å². The minimum atomic E-state index is -1.48. The number of hydrogen-bond acceptors (Lipinski definition) is 5. The lowest BCUT2D eigenvalue weighted by Gasteiger charge is -2.33. The van der Waals surface area contributed by atoms with Gasteiger partial charge >= 0.3 is 5.97 Å². The predicted octanol–water partition coefficient (Wildman–Crippen LogP) is 2.64. The number of halogens is 1. The van der Waals surface area contributed by atoms with Gasteiger partial charge in [0.25, 0.3) is 0 Å². The maximum atomic E-state index is 14.8. The topological polar surface area (TPSA) is 75.7 Å². The molecule has 2 fully saturated rings. The number of esters is 1. The molecule has 0 aromatic heterocycles. The van der Waals surface area contributed by atoms with E-state index in [1.165, 1.54) is 11.0 Å². The van der Waals surface area contributed by atoms with Crippen molar-refractivity contribution in [3.05, 3.63) is 71.5 Å². The average molecular weight is 424 g/mol. The van der Waals surface area contributed by atoms with Crippen LogP contribution >= 0.6 is 0 Å². The zero-order valence-electron chi connectivity index (χ0n) is 17.5. The number of hydrogen-bond donors (Lipinski definition) is 1. The summed E-state index contributed by atoms with van der Waals surface area (Å²) in [6.45, 7) is 3.72. The Morgan fingerprint density at radius 3 is 2.39 bits per heavy atom. The highest BCUT2D eigenvalue weighted by atomic mass is 19.1. The first kappa shape index (κ1) is 21.2. The first-order valence-electron chi connectivity index (χ1n) is 10.5. The number of amides is 2. The van der Waals surface area contributed by atoms with Gasteiger partial charge in [0.05, 0.1) is 18.4 Å². The summed E-state index contributed by atoms with van der Waals surface area (Å²) >= 11 is 0. The zero-order valence-corrected chi connectivity index (χ0v) is 17.5. The Morgan fingerprint density at radius 1 is 1.06 bits per heavy atom. The predicted molar refractivity (Wildman–Crippen MR) is 111 cm³/mol. The van der Waals surface area contributed by atoms with Crippen molar-refractivity contribution in [2.45, 2.75) is 31.8 Å². The van der Waals surface area contributed by atoms with Gasteiger partial charge in [-0.1, -0.05) is 48.5 Å². The van der Waals surface area contributed by atoms with Crippen molar-refractivity contribution >= 4 is 17.8 Å². The van der Waals surface area contributed by atoms with Crippen molar-refractivity contribution in [3.63, 3.8) is 0 Å². The van der Waals surface area contributed by atoms with Crippen molar-refractivity contribution < 1.29 is 23.5 Å². The van der Waals surface area contributed by atoms with Crippen LogP contribution in [0.2, 0.25) is 0 Å². The number of benzene rings is 2. The molecule has 2 aliphatic heterocycles. The maximum Gasteiger partial charge on any atom is 0.327 e. The number of likely N-dealkylation sites (tertiary alicyclic amines) is 1. The van der Waals surface area contributed by atoms with Crippen LogP contribution in [0.3, 0.4) is 0 Å². The standard InChI is InChI=1S/C24H25FN2O4/c1-3-27-21(28)18-19(22(27)29)24(23(30)31-4-2,14-15-10-6-5-7-11-15)26-20(18)16-12-8-9-13-17(16)25/h5-13,18-20,26H,3-4,14H2,1-2H3/t18-,19+,20-,24-/m1/s1. The van der Waals surface area contributed by atoms with Gasteiger partial charge in [-0.25, -0.2) is 4.39 Å². The molecule has 0 radical (unpaired) electrons. The summed E-state index contributed by atoms with van der Waals surface area (Å²) in [5.41, 5.74) is -0.409. The highest BCUT2D eigenvalue weighted by Crippen LogP contribution is 2.50. The molecule has 0 saturated carbocycles. The molecular formula is C24H25FN2O4. The highest BCUT2D eigenvalue weighted by molar-refractivity contribution is 6.09. The van der Waals surface area contributed by atoms with Crippen molar-refractivity contribution in [2.75, 3.05) is 13.2 Å². The van der Waals surface area contributed by atoms with E-state index in [0.29, 0.717) is 0 Å². The van der Waals surface area contributed by atoms with E-state index in [9.17, 15) is 18.8 Å². The van der Waals surface area contributed by atoms with Gasteiger partial charge in [-0.15, -0.1) is 0 Å². The van der Waals surface area contributed by atoms with Crippen molar-refractivity contribution in [2.24, 2.45) is 11.8 Å². The van der Waals surface area contributed by atoms with Crippen LogP contribution in [0.15, 0.2) is 54.6 Å². The lowest BCUT2D eigenvalue weighted by molar-refractivity contribution is -0.156. The number of fused-ring (bicyclic) bond motifs is 1. The zero-order chi connectivity index (χ0) is 22.2. The number of ether oxygens (including phenoxy) is 1. The summed E-state index contributed by atoms with van der Waals surface area (Å²) in [4.78, 5) is 41.1. The fraction of sp³-hybridized carbons (Fsp3) is 0.375. The minimum absolute atomic E-state index is 0.123. The molecular weight excluding hydrogens is 399 g/mol. The first-order valence-corrected chi connectivity index (χ1v) is 10.5. The smallest absolute Gasteiger partial charge is 0.327 e. The fourth-order valence-corrected chi connectivity index (χ4v) is 4.97. The molecule has 4 atom stereocenters. The molecule has 6 nitrogen and oxygen atoms in total. The van der Waals surface area contributed by atoms with Gasteiger partial charge in [-0.3, -0.25) is 24.6 Å². The van der Waals surface area contributed by atoms with Crippen LogP contribution in [0.5, 0.6) is 0 Å². The SMILES string of the molecule is CCOC(=O)[C@]1(Cc2ccccc2)N[C@H](c2ccccc2F)[C@@H]2C(=O)N(CC)C(=O)[C@H]21. The maximum absolute atomic E-state index is 14.8. The molecule has 1 N–H and O–H groups in total. The van der Waals surface area contributed by atoms with Crippen LogP contribution in [0.25, 0.3) is 0 Å². The Morgan fingerprint density at radius 2 is 1.74 bits per heavy atom. The highest BCUT2D eigenvalue weighted by Gasteiger charge is 2.68. The molecule has 4 rings (SSSR count). The third-order valence-electron chi connectivity index (χ3n) is 6.27. The quantitative estimate of drug-likeness (QED) is 0.570. The molecule has 2 saturated heterocycles. The third-order valence-corrected chi connectivity index (χ3v) is 6.27. The molecule has 0 spiro atoms. The second-order valence-electron chi connectivity index (χ2n) is 7.92. The second kappa shape index (κ2) is 8.23. The van der Waals surface area contributed by atoms with Gasteiger partial charge in [0.15, 0.2) is 0 Å². The van der Waals surface area contributed by atoms with Crippen LogP contribution in [-0.4, -0.2) is 41.4 Å². The molecule has 0 bridgehead atoms. The van der Waals surface area contributed by atoms with E-state index in [0.717, 1.165) is 5.56 Å². The number of carbonyl (C=O) groups is 3. The van der Waals surface area contributed by atoms with Crippen LogP contribution in [0.4, 0.5) is 4.39 Å². The molecule has 2 aromatic carbocycles. The Balaban J connectivity index is 1.89. The second-order valence-corrected chi connectivity index (χ2v) is 7.92. The van der Waals surface area contributed by atoms with Gasteiger partial charge < -0.3 is 4.74 Å². The van der Waals surface area contributed by atoms with Gasteiger partial charge in [0, 0.05) is 24.6 Å². The van der Waals surface area contributed by atoms with E-state index in [2.05, 4.69) is 5.32 Å². The lowest BCUT2D eigenvalue weighted by Crippen LogP contribution is -2.58. The van der Waals surface area contributed by atoms with Crippen LogP contribution in [-0.2, 0) is 25.5 Å². The van der Waals surface area contributed by atoms with Crippen LogP contribution < -0.4 is 5.32 Å². The van der Waals surface area contributed by atoms with E-state index in [4.69, 9.17) is 4.74 Å². The van der Waals surface area contributed by atoms with E-state index in [-0.39, 0.29) is 25.1 Å². The molecule has 2 aliphatic rings. The Hall–Kier alpha value is -3.06. The number of imide groups is 1. The average Bonchev–Trinajstić information content (AvgIpc) is 3.23. The van der Waals surface area contributed by atoms with Gasteiger partial charge in [0.2, 0.25) is 11.8 Å². The number of nitrogens with zero attached hydrogens (tertiary/aromatic N) is 1. The normalized spacial score (nSPS) is 27.5. The van der Waals surface area contributed by atoms with Crippen LogP contribution in [0, 0.1) is 17.7 Å². The summed E-state index contributed by atoms with van der Waals surface area (Å²) < 4.78 is 20.2. The van der Waals surface area contributed by atoms with E-state index in [1.807, 2.05) is 30.3 Å². The molecule has 2 aromatic rings. The summed E-state index contributed by atoms with van der Waals surface area (Å²) in [6, 6.07) is 14.6. The molecule has 2 amide bonds. The molecule has 2 heterocycles. The van der Waals surface area contributed by atoms with Gasteiger partial charge in [-0.05, 0) is 25.5 Å². The fourth-order valence-electron chi connectivity index (χ4n) is 4.97. The number of rotatable bonds is 6.